The molecule has 0 saturated heterocycles. The summed E-state index contributed by atoms with van der Waals surface area (Å²) in [6.45, 7) is 4.26. The second-order valence-corrected chi connectivity index (χ2v) is 4.80. The highest BCUT2D eigenvalue weighted by Crippen LogP contribution is 2.35. The molecule has 1 N–H and O–H groups in total. The van der Waals surface area contributed by atoms with E-state index in [2.05, 4.69) is 23.4 Å². The van der Waals surface area contributed by atoms with Crippen molar-refractivity contribution in [3.63, 3.8) is 0 Å². The van der Waals surface area contributed by atoms with Gasteiger partial charge in [0, 0.05) is 12.6 Å². The van der Waals surface area contributed by atoms with Crippen molar-refractivity contribution in [2.45, 2.75) is 33.1 Å². The normalized spacial score (nSPS) is 19.9. The Morgan fingerprint density at radius 3 is 2.94 bits per heavy atom. The van der Waals surface area contributed by atoms with Crippen molar-refractivity contribution in [2.75, 3.05) is 5.32 Å². The quantitative estimate of drug-likeness (QED) is 0.815. The monoisotopic (exact) mass is 233 g/mol. The Labute approximate surface area is 102 Å². The minimum atomic E-state index is 0.714. The molecule has 2 rings (SSSR count). The molecule has 92 valence electrons. The number of rotatable bonds is 3. The zero-order valence-electron chi connectivity index (χ0n) is 10.7. The first-order valence-electron chi connectivity index (χ1n) is 6.06. The van der Waals surface area contributed by atoms with E-state index >= 15 is 0 Å². The second-order valence-electron chi connectivity index (χ2n) is 4.80. The second kappa shape index (κ2) is 4.73. The Morgan fingerprint density at radius 2 is 2.35 bits per heavy atom. The fourth-order valence-corrected chi connectivity index (χ4v) is 2.46. The molecule has 1 unspecified atom stereocenters. The SMILES string of the molecule is Cc1nn(C)c(NC=O)c1C1=CCC(C)CC1. The van der Waals surface area contributed by atoms with E-state index in [1.807, 2.05) is 14.0 Å². The van der Waals surface area contributed by atoms with E-state index in [9.17, 15) is 4.79 Å². The van der Waals surface area contributed by atoms with Gasteiger partial charge >= 0.3 is 0 Å². The Morgan fingerprint density at radius 1 is 1.59 bits per heavy atom. The van der Waals surface area contributed by atoms with Crippen LogP contribution >= 0.6 is 0 Å². The summed E-state index contributed by atoms with van der Waals surface area (Å²) < 4.78 is 1.73. The molecular formula is C13H19N3O. The smallest absolute Gasteiger partial charge is 0.212 e. The van der Waals surface area contributed by atoms with Crippen molar-refractivity contribution in [3.8, 4) is 0 Å². The molecule has 0 aromatic carbocycles. The van der Waals surface area contributed by atoms with E-state index < -0.39 is 0 Å². The molecule has 0 spiro atoms. The number of hydrogen-bond donors (Lipinski definition) is 1. The van der Waals surface area contributed by atoms with Crippen LogP contribution in [0.15, 0.2) is 6.08 Å². The van der Waals surface area contributed by atoms with Gasteiger partial charge < -0.3 is 5.32 Å². The Hall–Kier alpha value is -1.58. The third-order valence-electron chi connectivity index (χ3n) is 3.41. The summed E-state index contributed by atoms with van der Waals surface area (Å²) in [6, 6.07) is 0. The van der Waals surface area contributed by atoms with Gasteiger partial charge in [0.05, 0.1) is 5.69 Å². The molecule has 0 bridgehead atoms. The highest BCUT2D eigenvalue weighted by Gasteiger charge is 2.19. The summed E-state index contributed by atoms with van der Waals surface area (Å²) in [4.78, 5) is 10.7. The Kier molecular flexibility index (Phi) is 3.31. The molecule has 4 nitrogen and oxygen atoms in total. The summed E-state index contributed by atoms with van der Waals surface area (Å²) in [5, 5.41) is 7.13. The molecule has 0 radical (unpaired) electrons. The lowest BCUT2D eigenvalue weighted by Gasteiger charge is -2.18. The van der Waals surface area contributed by atoms with Crippen LogP contribution in [-0.4, -0.2) is 16.2 Å². The summed E-state index contributed by atoms with van der Waals surface area (Å²) >= 11 is 0. The van der Waals surface area contributed by atoms with Gasteiger partial charge in [0.25, 0.3) is 0 Å². The number of carbonyl (C=O) groups excluding carboxylic acids is 1. The number of aryl methyl sites for hydroxylation is 2. The van der Waals surface area contributed by atoms with Gasteiger partial charge in [-0.3, -0.25) is 9.48 Å². The van der Waals surface area contributed by atoms with Crippen LogP contribution in [0.1, 0.15) is 37.4 Å². The van der Waals surface area contributed by atoms with Gasteiger partial charge in [0.1, 0.15) is 5.82 Å². The molecule has 1 aromatic heterocycles. The molecular weight excluding hydrogens is 214 g/mol. The van der Waals surface area contributed by atoms with Crippen LogP contribution in [0.2, 0.25) is 0 Å². The highest BCUT2D eigenvalue weighted by molar-refractivity contribution is 5.82. The fraction of sp³-hybridized carbons (Fsp3) is 0.538. The largest absolute Gasteiger partial charge is 0.313 e. The van der Waals surface area contributed by atoms with Gasteiger partial charge in [-0.2, -0.15) is 5.10 Å². The van der Waals surface area contributed by atoms with Crippen LogP contribution in [0.4, 0.5) is 5.82 Å². The van der Waals surface area contributed by atoms with Crippen molar-refractivity contribution >= 4 is 17.8 Å². The Balaban J connectivity index is 2.40. The molecule has 1 aliphatic carbocycles. The molecule has 1 aromatic rings. The maximum absolute atomic E-state index is 10.7. The minimum absolute atomic E-state index is 0.714. The summed E-state index contributed by atoms with van der Waals surface area (Å²) in [5.41, 5.74) is 3.40. The van der Waals surface area contributed by atoms with E-state index in [-0.39, 0.29) is 0 Å². The predicted molar refractivity (Wildman–Crippen MR) is 68.6 cm³/mol. The number of carbonyl (C=O) groups is 1. The molecule has 1 atom stereocenters. The standard InChI is InChI=1S/C13H19N3O/c1-9-4-6-11(7-5-9)12-10(2)15-16(3)13(12)14-8-17/h6,8-9H,4-5,7H2,1-3H3,(H,14,17). The zero-order valence-corrected chi connectivity index (χ0v) is 10.7. The van der Waals surface area contributed by atoms with E-state index in [0.717, 1.165) is 35.8 Å². The number of aromatic nitrogens is 2. The molecule has 17 heavy (non-hydrogen) atoms. The summed E-state index contributed by atoms with van der Waals surface area (Å²) in [7, 11) is 1.86. The third-order valence-corrected chi connectivity index (χ3v) is 3.41. The van der Waals surface area contributed by atoms with Gasteiger partial charge in [0.2, 0.25) is 6.41 Å². The van der Waals surface area contributed by atoms with Gasteiger partial charge in [-0.25, -0.2) is 0 Å². The van der Waals surface area contributed by atoms with Crippen LogP contribution in [0.25, 0.3) is 5.57 Å². The van der Waals surface area contributed by atoms with Gasteiger partial charge in [-0.15, -0.1) is 0 Å². The van der Waals surface area contributed by atoms with Crippen LogP contribution in [-0.2, 0) is 11.8 Å². The average Bonchev–Trinajstić information content (AvgIpc) is 2.56. The van der Waals surface area contributed by atoms with Crippen molar-refractivity contribution in [1.29, 1.82) is 0 Å². The number of amides is 1. The van der Waals surface area contributed by atoms with Gasteiger partial charge in [0.15, 0.2) is 0 Å². The maximum atomic E-state index is 10.7. The first kappa shape index (κ1) is 11.9. The maximum Gasteiger partial charge on any atom is 0.212 e. The number of nitrogens with zero attached hydrogens (tertiary/aromatic N) is 2. The lowest BCUT2D eigenvalue weighted by Crippen LogP contribution is -2.06. The highest BCUT2D eigenvalue weighted by atomic mass is 16.1. The van der Waals surface area contributed by atoms with Crippen molar-refractivity contribution in [3.05, 3.63) is 17.3 Å². The number of nitrogens with one attached hydrogen (secondary N) is 1. The fourth-order valence-electron chi connectivity index (χ4n) is 2.46. The molecule has 0 aliphatic heterocycles. The molecule has 1 aliphatic rings. The lowest BCUT2D eigenvalue weighted by atomic mass is 9.87. The molecule has 0 fully saturated rings. The molecule has 1 heterocycles. The van der Waals surface area contributed by atoms with Crippen molar-refractivity contribution in [2.24, 2.45) is 13.0 Å². The van der Waals surface area contributed by atoms with E-state index in [1.165, 1.54) is 12.0 Å². The minimum Gasteiger partial charge on any atom is -0.313 e. The van der Waals surface area contributed by atoms with Gasteiger partial charge in [-0.1, -0.05) is 13.0 Å². The topological polar surface area (TPSA) is 46.9 Å². The van der Waals surface area contributed by atoms with Crippen LogP contribution in [0.5, 0.6) is 0 Å². The van der Waals surface area contributed by atoms with Crippen molar-refractivity contribution < 1.29 is 4.79 Å². The van der Waals surface area contributed by atoms with E-state index in [4.69, 9.17) is 0 Å². The average molecular weight is 233 g/mol. The number of anilines is 1. The predicted octanol–water partition coefficient (Wildman–Crippen LogP) is 2.50. The zero-order chi connectivity index (χ0) is 12.4. The third kappa shape index (κ3) is 2.25. The van der Waals surface area contributed by atoms with E-state index in [0.29, 0.717) is 6.41 Å². The van der Waals surface area contributed by atoms with E-state index in [1.54, 1.807) is 4.68 Å². The first-order valence-corrected chi connectivity index (χ1v) is 6.06. The Bertz CT molecular complexity index is 459. The summed E-state index contributed by atoms with van der Waals surface area (Å²) in [5.74, 6) is 1.57. The first-order chi connectivity index (χ1) is 8.13. The van der Waals surface area contributed by atoms with Crippen LogP contribution < -0.4 is 5.32 Å². The number of hydrogen-bond acceptors (Lipinski definition) is 2. The molecule has 1 amide bonds. The lowest BCUT2D eigenvalue weighted by molar-refractivity contribution is -0.105. The molecule has 0 saturated carbocycles. The number of allylic oxidation sites excluding steroid dienone is 2. The van der Waals surface area contributed by atoms with Crippen LogP contribution in [0, 0.1) is 12.8 Å². The molecule has 4 heteroatoms. The summed E-state index contributed by atoms with van der Waals surface area (Å²) in [6.07, 6.45) is 6.40. The van der Waals surface area contributed by atoms with Crippen LogP contribution in [0.3, 0.4) is 0 Å². The van der Waals surface area contributed by atoms with Gasteiger partial charge in [-0.05, 0) is 37.7 Å². The van der Waals surface area contributed by atoms with Crippen molar-refractivity contribution in [1.82, 2.24) is 9.78 Å².